The molecule has 21 heavy (non-hydrogen) atoms. The van der Waals surface area contributed by atoms with Crippen molar-refractivity contribution in [2.24, 2.45) is 0 Å². The zero-order chi connectivity index (χ0) is 15.4. The Kier molecular flexibility index (Phi) is 5.39. The Balaban J connectivity index is 1.91. The van der Waals surface area contributed by atoms with Crippen molar-refractivity contribution < 1.29 is 14.9 Å². The van der Waals surface area contributed by atoms with Gasteiger partial charge in [0, 0.05) is 39.9 Å². The van der Waals surface area contributed by atoms with Gasteiger partial charge in [-0.2, -0.15) is 0 Å². The monoisotopic (exact) mass is 295 g/mol. The van der Waals surface area contributed by atoms with Gasteiger partial charge in [-0.3, -0.25) is 4.90 Å². The second-order valence-corrected chi connectivity index (χ2v) is 5.82. The Morgan fingerprint density at radius 1 is 1.48 bits per heavy atom. The molecular formula is C15H25N3O3. The van der Waals surface area contributed by atoms with E-state index in [1.807, 2.05) is 31.1 Å². The normalized spacial score (nSPS) is 22.0. The first kappa shape index (κ1) is 16.0. The molecule has 6 heteroatoms. The van der Waals surface area contributed by atoms with Gasteiger partial charge in [0.1, 0.15) is 6.10 Å². The van der Waals surface area contributed by atoms with Crippen LogP contribution < -0.4 is 9.64 Å². The van der Waals surface area contributed by atoms with Crippen molar-refractivity contribution in [1.82, 2.24) is 9.88 Å². The van der Waals surface area contributed by atoms with E-state index in [0.717, 1.165) is 31.1 Å². The smallest absolute Gasteiger partial charge is 0.170 e. The molecule has 2 heterocycles. The number of nitrogens with zero attached hydrogens (tertiary/aromatic N) is 3. The quantitative estimate of drug-likeness (QED) is 0.789. The molecule has 1 aromatic heterocycles. The number of anilines is 1. The third kappa shape index (κ3) is 4.30. The lowest BCUT2D eigenvalue weighted by Crippen LogP contribution is -2.37. The van der Waals surface area contributed by atoms with Crippen molar-refractivity contribution >= 4 is 5.82 Å². The number of aromatic nitrogens is 1. The van der Waals surface area contributed by atoms with Crippen LogP contribution in [0.5, 0.6) is 5.75 Å². The summed E-state index contributed by atoms with van der Waals surface area (Å²) in [6, 6.07) is 3.79. The van der Waals surface area contributed by atoms with Crippen LogP contribution in [0.3, 0.4) is 0 Å². The van der Waals surface area contributed by atoms with Gasteiger partial charge in [-0.25, -0.2) is 4.98 Å². The molecule has 3 atom stereocenters. The second kappa shape index (κ2) is 7.06. The van der Waals surface area contributed by atoms with Crippen molar-refractivity contribution in [3.63, 3.8) is 0 Å². The number of likely N-dealkylation sites (tertiary alicyclic amines) is 1. The molecule has 0 bridgehead atoms. The van der Waals surface area contributed by atoms with Gasteiger partial charge in [0.15, 0.2) is 11.6 Å². The maximum atomic E-state index is 9.73. The third-order valence-electron chi connectivity index (χ3n) is 3.70. The van der Waals surface area contributed by atoms with E-state index in [1.165, 1.54) is 0 Å². The largest absolute Gasteiger partial charge is 0.485 e. The minimum atomic E-state index is -0.709. The van der Waals surface area contributed by atoms with E-state index >= 15 is 0 Å². The molecular weight excluding hydrogens is 270 g/mol. The van der Waals surface area contributed by atoms with Gasteiger partial charge in [-0.15, -0.1) is 0 Å². The average Bonchev–Trinajstić information content (AvgIpc) is 2.86. The van der Waals surface area contributed by atoms with Crippen LogP contribution in [0.2, 0.25) is 0 Å². The van der Waals surface area contributed by atoms with Crippen LogP contribution in [0.4, 0.5) is 5.82 Å². The highest BCUT2D eigenvalue weighted by Gasteiger charge is 2.27. The number of hydrogen-bond donors (Lipinski definition) is 2. The van der Waals surface area contributed by atoms with E-state index < -0.39 is 12.2 Å². The van der Waals surface area contributed by atoms with Gasteiger partial charge in [0.25, 0.3) is 0 Å². The second-order valence-electron chi connectivity index (χ2n) is 5.82. The predicted molar refractivity (Wildman–Crippen MR) is 81.7 cm³/mol. The minimum absolute atomic E-state index is 0.0918. The SMILES string of the molecule is CC(O)C(O)CN1CC[C@H](Oc2cccnc2N(C)C)C1. The molecule has 0 spiro atoms. The van der Waals surface area contributed by atoms with Crippen LogP contribution in [0.1, 0.15) is 13.3 Å². The van der Waals surface area contributed by atoms with Crippen molar-refractivity contribution in [3.05, 3.63) is 18.3 Å². The van der Waals surface area contributed by atoms with Gasteiger partial charge in [-0.05, 0) is 25.5 Å². The molecule has 6 nitrogen and oxygen atoms in total. The molecule has 1 saturated heterocycles. The van der Waals surface area contributed by atoms with Crippen molar-refractivity contribution in [2.75, 3.05) is 38.6 Å². The standard InChI is InChI=1S/C15H25N3O3/c1-11(19)13(20)10-18-8-6-12(9-18)21-14-5-4-7-16-15(14)17(2)3/h4-5,7,11-13,19-20H,6,8-10H2,1-3H3/t11?,12-,13?/m0/s1. The first-order chi connectivity index (χ1) is 9.97. The van der Waals surface area contributed by atoms with Gasteiger partial charge < -0.3 is 19.8 Å². The molecule has 118 valence electrons. The Morgan fingerprint density at radius 3 is 2.90 bits per heavy atom. The van der Waals surface area contributed by atoms with E-state index in [2.05, 4.69) is 9.88 Å². The summed E-state index contributed by atoms with van der Waals surface area (Å²) in [5, 5.41) is 19.1. The molecule has 0 saturated carbocycles. The molecule has 0 amide bonds. The molecule has 1 aromatic rings. The number of aliphatic hydroxyl groups excluding tert-OH is 2. The first-order valence-corrected chi connectivity index (χ1v) is 7.35. The highest BCUT2D eigenvalue weighted by molar-refractivity contribution is 5.50. The van der Waals surface area contributed by atoms with Gasteiger partial charge in [0.05, 0.1) is 12.2 Å². The fraction of sp³-hybridized carbons (Fsp3) is 0.667. The summed E-state index contributed by atoms with van der Waals surface area (Å²) in [6.07, 6.45) is 1.34. The Bertz CT molecular complexity index is 454. The van der Waals surface area contributed by atoms with Crippen molar-refractivity contribution in [3.8, 4) is 5.75 Å². The van der Waals surface area contributed by atoms with Gasteiger partial charge in [0.2, 0.25) is 0 Å². The molecule has 2 N–H and O–H groups in total. The molecule has 0 aliphatic carbocycles. The Morgan fingerprint density at radius 2 is 2.24 bits per heavy atom. The minimum Gasteiger partial charge on any atom is -0.485 e. The molecule has 2 unspecified atom stereocenters. The van der Waals surface area contributed by atoms with E-state index in [4.69, 9.17) is 4.74 Å². The molecule has 1 aliphatic rings. The predicted octanol–water partition coefficient (Wildman–Crippen LogP) is 0.342. The number of ether oxygens (including phenoxy) is 1. The number of aliphatic hydroxyl groups is 2. The lowest BCUT2D eigenvalue weighted by molar-refractivity contribution is 0.0103. The first-order valence-electron chi connectivity index (χ1n) is 7.35. The number of pyridine rings is 1. The lowest BCUT2D eigenvalue weighted by Gasteiger charge is -2.22. The van der Waals surface area contributed by atoms with Crippen LogP contribution in [0, 0.1) is 0 Å². The lowest BCUT2D eigenvalue weighted by atomic mass is 10.2. The summed E-state index contributed by atoms with van der Waals surface area (Å²) >= 11 is 0. The number of rotatable bonds is 6. The topological polar surface area (TPSA) is 69.1 Å². The third-order valence-corrected chi connectivity index (χ3v) is 3.70. The summed E-state index contributed by atoms with van der Waals surface area (Å²) < 4.78 is 6.05. The fourth-order valence-corrected chi connectivity index (χ4v) is 2.47. The van der Waals surface area contributed by atoms with E-state index in [9.17, 15) is 10.2 Å². The van der Waals surface area contributed by atoms with E-state index in [0.29, 0.717) is 6.54 Å². The molecule has 1 fully saturated rings. The highest BCUT2D eigenvalue weighted by Crippen LogP contribution is 2.26. The van der Waals surface area contributed by atoms with Gasteiger partial charge >= 0.3 is 0 Å². The van der Waals surface area contributed by atoms with Crippen LogP contribution in [-0.4, -0.2) is 72.1 Å². The number of β-amino-alcohol motifs (C(OH)–C–C–N with tert-alkyl or cyclic N) is 1. The van der Waals surface area contributed by atoms with Gasteiger partial charge in [-0.1, -0.05) is 0 Å². The average molecular weight is 295 g/mol. The Labute approximate surface area is 126 Å². The molecule has 2 rings (SSSR count). The van der Waals surface area contributed by atoms with E-state index in [1.54, 1.807) is 13.1 Å². The highest BCUT2D eigenvalue weighted by atomic mass is 16.5. The van der Waals surface area contributed by atoms with Crippen molar-refractivity contribution in [2.45, 2.75) is 31.7 Å². The van der Waals surface area contributed by atoms with Crippen molar-refractivity contribution in [1.29, 1.82) is 0 Å². The zero-order valence-electron chi connectivity index (χ0n) is 12.9. The van der Waals surface area contributed by atoms with Crippen LogP contribution in [0.25, 0.3) is 0 Å². The summed E-state index contributed by atoms with van der Waals surface area (Å²) in [6.45, 7) is 3.70. The van der Waals surface area contributed by atoms with Crippen LogP contribution in [0.15, 0.2) is 18.3 Å². The summed E-state index contributed by atoms with van der Waals surface area (Å²) in [5.74, 6) is 1.60. The number of hydrogen-bond acceptors (Lipinski definition) is 6. The maximum Gasteiger partial charge on any atom is 0.170 e. The fourth-order valence-electron chi connectivity index (χ4n) is 2.47. The summed E-state index contributed by atoms with van der Waals surface area (Å²) in [5.41, 5.74) is 0. The van der Waals surface area contributed by atoms with E-state index in [-0.39, 0.29) is 6.10 Å². The molecule has 1 aliphatic heterocycles. The molecule has 0 aromatic carbocycles. The maximum absolute atomic E-state index is 9.73. The van der Waals surface area contributed by atoms with Crippen LogP contribution in [-0.2, 0) is 0 Å². The Hall–Kier alpha value is -1.37. The van der Waals surface area contributed by atoms with Crippen LogP contribution >= 0.6 is 0 Å². The summed E-state index contributed by atoms with van der Waals surface area (Å²) in [7, 11) is 3.88. The molecule has 0 radical (unpaired) electrons. The zero-order valence-corrected chi connectivity index (χ0v) is 12.9. The summed E-state index contributed by atoms with van der Waals surface area (Å²) in [4.78, 5) is 8.37.